The van der Waals surface area contributed by atoms with Gasteiger partial charge in [0.25, 0.3) is 0 Å². The molecule has 0 amide bonds. The summed E-state index contributed by atoms with van der Waals surface area (Å²) in [6, 6.07) is 0.393. The first-order valence-corrected chi connectivity index (χ1v) is 6.39. The molecule has 0 aliphatic rings. The molecule has 0 saturated heterocycles. The van der Waals surface area contributed by atoms with Gasteiger partial charge in [0.1, 0.15) is 0 Å². The number of hydrogen-bond donors (Lipinski definition) is 1. The summed E-state index contributed by atoms with van der Waals surface area (Å²) >= 11 is 6.27. The van der Waals surface area contributed by atoms with Crippen LogP contribution in [0.25, 0.3) is 0 Å². The van der Waals surface area contributed by atoms with Crippen molar-refractivity contribution in [1.82, 2.24) is 4.90 Å². The van der Waals surface area contributed by atoms with Crippen molar-refractivity contribution in [3.63, 3.8) is 0 Å². The SMILES string of the molecule is CCCCC(Cl)CC(CC(C)O)N(C)C. The van der Waals surface area contributed by atoms with Crippen molar-refractivity contribution >= 4 is 11.6 Å². The Morgan fingerprint density at radius 1 is 1.27 bits per heavy atom. The molecule has 0 rings (SSSR count). The van der Waals surface area contributed by atoms with Gasteiger partial charge in [0.2, 0.25) is 0 Å². The summed E-state index contributed by atoms with van der Waals surface area (Å²) in [5, 5.41) is 9.64. The van der Waals surface area contributed by atoms with Gasteiger partial charge >= 0.3 is 0 Å². The number of alkyl halides is 1. The Morgan fingerprint density at radius 3 is 2.27 bits per heavy atom. The standard InChI is InChI=1S/C12H26ClNO/c1-5-6-7-11(13)9-12(14(3)4)8-10(2)15/h10-12,15H,5-9H2,1-4H3. The second-order valence-electron chi connectivity index (χ2n) is 4.68. The van der Waals surface area contributed by atoms with Gasteiger partial charge in [-0.1, -0.05) is 19.8 Å². The van der Waals surface area contributed by atoms with Crippen LogP contribution in [0.4, 0.5) is 0 Å². The molecule has 0 saturated carbocycles. The number of hydrogen-bond acceptors (Lipinski definition) is 2. The van der Waals surface area contributed by atoms with Crippen LogP contribution in [0, 0.1) is 0 Å². The van der Waals surface area contributed by atoms with Crippen LogP contribution in [0.1, 0.15) is 46.0 Å². The summed E-state index contributed by atoms with van der Waals surface area (Å²) in [6.45, 7) is 4.02. The normalized spacial score (nSPS) is 17.8. The first-order chi connectivity index (χ1) is 6.97. The highest BCUT2D eigenvalue weighted by Gasteiger charge is 2.18. The molecule has 1 N–H and O–H groups in total. The molecule has 3 heteroatoms. The van der Waals surface area contributed by atoms with Gasteiger partial charge in [-0.15, -0.1) is 11.6 Å². The average Bonchev–Trinajstić information content (AvgIpc) is 2.12. The molecule has 0 heterocycles. The summed E-state index contributed by atoms with van der Waals surface area (Å²) in [5.74, 6) is 0. The molecule has 0 radical (unpaired) electrons. The Labute approximate surface area is 99.6 Å². The molecule has 3 unspecified atom stereocenters. The molecular formula is C12H26ClNO. The van der Waals surface area contributed by atoms with Gasteiger partial charge in [-0.25, -0.2) is 0 Å². The molecule has 0 spiro atoms. The van der Waals surface area contributed by atoms with Gasteiger partial charge in [0.15, 0.2) is 0 Å². The van der Waals surface area contributed by atoms with E-state index in [4.69, 9.17) is 11.6 Å². The van der Waals surface area contributed by atoms with Gasteiger partial charge < -0.3 is 10.0 Å². The molecular weight excluding hydrogens is 210 g/mol. The van der Waals surface area contributed by atoms with Gasteiger partial charge in [-0.3, -0.25) is 0 Å². The van der Waals surface area contributed by atoms with Crippen molar-refractivity contribution in [2.24, 2.45) is 0 Å². The lowest BCUT2D eigenvalue weighted by Crippen LogP contribution is -2.33. The number of nitrogens with zero attached hydrogens (tertiary/aromatic N) is 1. The highest BCUT2D eigenvalue weighted by atomic mass is 35.5. The highest BCUT2D eigenvalue weighted by molar-refractivity contribution is 6.20. The van der Waals surface area contributed by atoms with E-state index in [0.29, 0.717) is 6.04 Å². The van der Waals surface area contributed by atoms with Crippen molar-refractivity contribution < 1.29 is 5.11 Å². The van der Waals surface area contributed by atoms with Crippen LogP contribution in [-0.4, -0.2) is 41.6 Å². The number of aliphatic hydroxyl groups is 1. The lowest BCUT2D eigenvalue weighted by molar-refractivity contribution is 0.133. The zero-order valence-electron chi connectivity index (χ0n) is 10.5. The molecule has 2 nitrogen and oxygen atoms in total. The predicted molar refractivity (Wildman–Crippen MR) is 67.6 cm³/mol. The molecule has 0 aliphatic carbocycles. The molecule has 3 atom stereocenters. The molecule has 0 aliphatic heterocycles. The monoisotopic (exact) mass is 235 g/mol. The highest BCUT2D eigenvalue weighted by Crippen LogP contribution is 2.18. The van der Waals surface area contributed by atoms with Crippen molar-refractivity contribution in [2.75, 3.05) is 14.1 Å². The maximum atomic E-state index is 9.39. The second-order valence-corrected chi connectivity index (χ2v) is 5.29. The van der Waals surface area contributed by atoms with Gasteiger partial charge in [0.05, 0.1) is 6.10 Å². The number of aliphatic hydroxyl groups excluding tert-OH is 1. The van der Waals surface area contributed by atoms with Crippen LogP contribution in [0.3, 0.4) is 0 Å². The molecule has 0 bridgehead atoms. The maximum absolute atomic E-state index is 9.39. The smallest absolute Gasteiger partial charge is 0.0527 e. The Morgan fingerprint density at radius 2 is 1.87 bits per heavy atom. The fraction of sp³-hybridized carbons (Fsp3) is 1.00. The number of rotatable bonds is 8. The van der Waals surface area contributed by atoms with E-state index in [1.807, 2.05) is 6.92 Å². The van der Waals surface area contributed by atoms with Gasteiger partial charge in [-0.2, -0.15) is 0 Å². The molecule has 0 fully saturated rings. The summed E-state index contributed by atoms with van der Waals surface area (Å²) in [6.07, 6.45) is 5.02. The first kappa shape index (κ1) is 15.2. The maximum Gasteiger partial charge on any atom is 0.0527 e. The van der Waals surface area contributed by atoms with E-state index in [1.165, 1.54) is 12.8 Å². The van der Waals surface area contributed by atoms with Gasteiger partial charge in [-0.05, 0) is 40.3 Å². The zero-order chi connectivity index (χ0) is 11.8. The van der Waals surface area contributed by atoms with Crippen LogP contribution >= 0.6 is 11.6 Å². The fourth-order valence-corrected chi connectivity index (χ4v) is 2.11. The zero-order valence-corrected chi connectivity index (χ0v) is 11.3. The van der Waals surface area contributed by atoms with E-state index in [-0.39, 0.29) is 11.5 Å². The van der Waals surface area contributed by atoms with Crippen molar-refractivity contribution in [3.05, 3.63) is 0 Å². The predicted octanol–water partition coefficient (Wildman–Crippen LogP) is 2.88. The molecule has 15 heavy (non-hydrogen) atoms. The van der Waals surface area contributed by atoms with E-state index in [1.54, 1.807) is 0 Å². The quantitative estimate of drug-likeness (QED) is 0.654. The lowest BCUT2D eigenvalue weighted by Gasteiger charge is -2.27. The lowest BCUT2D eigenvalue weighted by atomic mass is 10.0. The average molecular weight is 236 g/mol. The van der Waals surface area contributed by atoms with Gasteiger partial charge in [0, 0.05) is 11.4 Å². The van der Waals surface area contributed by atoms with Crippen LogP contribution in [0.5, 0.6) is 0 Å². The number of unbranched alkanes of at least 4 members (excludes halogenated alkanes) is 1. The second kappa shape index (κ2) is 8.37. The van der Waals surface area contributed by atoms with E-state index >= 15 is 0 Å². The molecule has 0 aromatic rings. The number of halogens is 1. The van der Waals surface area contributed by atoms with Crippen LogP contribution in [0.15, 0.2) is 0 Å². The third-order valence-electron chi connectivity index (χ3n) is 2.74. The third kappa shape index (κ3) is 8.06. The fourth-order valence-electron chi connectivity index (χ4n) is 1.75. The largest absolute Gasteiger partial charge is 0.393 e. The first-order valence-electron chi connectivity index (χ1n) is 5.95. The summed E-state index contributed by atoms with van der Waals surface area (Å²) in [5.41, 5.74) is 0. The Balaban J connectivity index is 3.93. The minimum Gasteiger partial charge on any atom is -0.393 e. The minimum absolute atomic E-state index is 0.243. The molecule has 0 aromatic heterocycles. The third-order valence-corrected chi connectivity index (χ3v) is 3.14. The molecule has 0 aromatic carbocycles. The van der Waals surface area contributed by atoms with Crippen molar-refractivity contribution in [3.8, 4) is 0 Å². The summed E-state index contributed by atoms with van der Waals surface area (Å²) in [7, 11) is 4.10. The minimum atomic E-state index is -0.243. The molecule has 92 valence electrons. The van der Waals surface area contributed by atoms with Crippen LogP contribution in [0.2, 0.25) is 0 Å². The Hall–Kier alpha value is 0.210. The van der Waals surface area contributed by atoms with Crippen molar-refractivity contribution in [1.29, 1.82) is 0 Å². The van der Waals surface area contributed by atoms with Crippen molar-refractivity contribution in [2.45, 2.75) is 63.5 Å². The van der Waals surface area contributed by atoms with E-state index in [2.05, 4.69) is 25.9 Å². The van der Waals surface area contributed by atoms with Crippen LogP contribution < -0.4 is 0 Å². The Kier molecular flexibility index (Phi) is 8.49. The van der Waals surface area contributed by atoms with E-state index in [0.717, 1.165) is 19.3 Å². The Bertz CT molecular complexity index is 151. The van der Waals surface area contributed by atoms with E-state index in [9.17, 15) is 5.11 Å². The summed E-state index contributed by atoms with van der Waals surface area (Å²) < 4.78 is 0. The summed E-state index contributed by atoms with van der Waals surface area (Å²) in [4.78, 5) is 2.16. The van der Waals surface area contributed by atoms with E-state index < -0.39 is 0 Å². The van der Waals surface area contributed by atoms with Crippen LogP contribution in [-0.2, 0) is 0 Å². The topological polar surface area (TPSA) is 23.5 Å².